The Kier molecular flexibility index (Phi) is 4.04. The molecular weight excluding hydrogens is 234 g/mol. The highest BCUT2D eigenvalue weighted by Gasteiger charge is 2.19. The maximum Gasteiger partial charge on any atom is 0.132 e. The molecule has 1 N–H and O–H groups in total. The molecule has 0 radical (unpaired) electrons. The number of rotatable bonds is 4. The molecule has 0 aromatic heterocycles. The first-order valence-electron chi connectivity index (χ1n) is 5.86. The minimum atomic E-state index is 0.0438. The van der Waals surface area contributed by atoms with Gasteiger partial charge >= 0.3 is 0 Å². The molecule has 0 amide bonds. The van der Waals surface area contributed by atoms with Crippen molar-refractivity contribution in [3.8, 4) is 11.5 Å². The zero-order chi connectivity index (χ0) is 13.0. The maximum atomic E-state index is 8.88. The molecular formula is C13H17NO4. The first-order valence-corrected chi connectivity index (χ1v) is 5.86. The van der Waals surface area contributed by atoms with Gasteiger partial charge in [0.25, 0.3) is 0 Å². The lowest BCUT2D eigenvalue weighted by Crippen LogP contribution is -2.17. The zero-order valence-electron chi connectivity index (χ0n) is 10.5. The average molecular weight is 251 g/mol. The third-order valence-electron chi connectivity index (χ3n) is 2.91. The third-order valence-corrected chi connectivity index (χ3v) is 2.91. The predicted octanol–water partition coefficient (Wildman–Crippen LogP) is 2.06. The van der Waals surface area contributed by atoms with E-state index in [0.717, 1.165) is 18.6 Å². The van der Waals surface area contributed by atoms with Gasteiger partial charge < -0.3 is 19.4 Å². The first kappa shape index (κ1) is 12.7. The molecule has 1 aromatic rings. The molecule has 0 spiro atoms. The van der Waals surface area contributed by atoms with Gasteiger partial charge in [-0.3, -0.25) is 0 Å². The molecule has 1 unspecified atom stereocenters. The number of oxime groups is 1. The second-order valence-electron chi connectivity index (χ2n) is 4.15. The van der Waals surface area contributed by atoms with Crippen molar-refractivity contribution < 1.29 is 19.4 Å². The summed E-state index contributed by atoms with van der Waals surface area (Å²) in [6.07, 6.45) is 0.911. The summed E-state index contributed by atoms with van der Waals surface area (Å²) in [4.78, 5) is 0. The molecule has 0 saturated carbocycles. The summed E-state index contributed by atoms with van der Waals surface area (Å²) in [5.41, 5.74) is 1.26. The van der Waals surface area contributed by atoms with Crippen LogP contribution in [0.5, 0.6) is 11.5 Å². The zero-order valence-corrected chi connectivity index (χ0v) is 10.5. The molecule has 5 heteroatoms. The molecule has 18 heavy (non-hydrogen) atoms. The van der Waals surface area contributed by atoms with E-state index < -0.39 is 0 Å². The second kappa shape index (κ2) is 5.73. The van der Waals surface area contributed by atoms with E-state index in [1.165, 1.54) is 0 Å². The van der Waals surface area contributed by atoms with Crippen molar-refractivity contribution >= 4 is 5.71 Å². The fourth-order valence-corrected chi connectivity index (χ4v) is 1.87. The molecule has 0 bridgehead atoms. The fourth-order valence-electron chi connectivity index (χ4n) is 1.87. The van der Waals surface area contributed by atoms with Gasteiger partial charge in [0, 0.05) is 18.1 Å². The molecule has 1 aliphatic heterocycles. The maximum absolute atomic E-state index is 8.88. The molecule has 98 valence electrons. The van der Waals surface area contributed by atoms with Crippen molar-refractivity contribution in [1.82, 2.24) is 0 Å². The summed E-state index contributed by atoms with van der Waals surface area (Å²) in [5, 5.41) is 12.1. The van der Waals surface area contributed by atoms with Crippen LogP contribution in [-0.4, -0.2) is 37.3 Å². The summed E-state index contributed by atoms with van der Waals surface area (Å²) in [6, 6.07) is 5.42. The summed E-state index contributed by atoms with van der Waals surface area (Å²) in [6.45, 7) is 3.03. The highest BCUT2D eigenvalue weighted by atomic mass is 16.5. The lowest BCUT2D eigenvalue weighted by molar-refractivity contribution is 0.141. The van der Waals surface area contributed by atoms with Crippen LogP contribution in [0.25, 0.3) is 0 Å². The van der Waals surface area contributed by atoms with Gasteiger partial charge in [0.2, 0.25) is 0 Å². The van der Waals surface area contributed by atoms with Crippen LogP contribution in [0.3, 0.4) is 0 Å². The highest BCUT2D eigenvalue weighted by Crippen LogP contribution is 2.27. The lowest BCUT2D eigenvalue weighted by Gasteiger charge is -2.16. The Morgan fingerprint density at radius 2 is 2.33 bits per heavy atom. The van der Waals surface area contributed by atoms with E-state index in [4.69, 9.17) is 19.4 Å². The van der Waals surface area contributed by atoms with Crippen molar-refractivity contribution in [3.05, 3.63) is 23.8 Å². The summed E-state index contributed by atoms with van der Waals surface area (Å²) in [7, 11) is 1.60. The van der Waals surface area contributed by atoms with Gasteiger partial charge in [-0.25, -0.2) is 0 Å². The van der Waals surface area contributed by atoms with Crippen molar-refractivity contribution in [1.29, 1.82) is 0 Å². The van der Waals surface area contributed by atoms with Crippen LogP contribution in [0.1, 0.15) is 18.9 Å². The molecule has 1 aliphatic rings. The SMILES string of the molecule is COc1ccc(/C(C)=N/O)c(OC2CCOC2)c1. The van der Waals surface area contributed by atoms with E-state index in [0.29, 0.717) is 23.8 Å². The Morgan fingerprint density at radius 1 is 1.50 bits per heavy atom. The fraction of sp³-hybridized carbons (Fsp3) is 0.462. The molecule has 1 atom stereocenters. The topological polar surface area (TPSA) is 60.3 Å². The van der Waals surface area contributed by atoms with Gasteiger partial charge in [0.1, 0.15) is 17.6 Å². The highest BCUT2D eigenvalue weighted by molar-refractivity contribution is 6.00. The summed E-state index contributed by atoms with van der Waals surface area (Å²) < 4.78 is 16.3. The van der Waals surface area contributed by atoms with E-state index in [-0.39, 0.29) is 6.10 Å². The quantitative estimate of drug-likeness (QED) is 0.505. The Labute approximate surface area is 106 Å². The Hall–Kier alpha value is -1.75. The minimum absolute atomic E-state index is 0.0438. The Bertz CT molecular complexity index is 439. The first-order chi connectivity index (χ1) is 8.74. The number of hydrogen-bond acceptors (Lipinski definition) is 5. The predicted molar refractivity (Wildman–Crippen MR) is 66.8 cm³/mol. The van der Waals surface area contributed by atoms with Crippen LogP contribution in [0.4, 0.5) is 0 Å². The van der Waals surface area contributed by atoms with Gasteiger partial charge in [-0.1, -0.05) is 5.16 Å². The molecule has 2 rings (SSSR count). The van der Waals surface area contributed by atoms with Crippen molar-refractivity contribution in [2.45, 2.75) is 19.4 Å². The van der Waals surface area contributed by atoms with E-state index >= 15 is 0 Å². The van der Waals surface area contributed by atoms with Gasteiger partial charge in [-0.15, -0.1) is 0 Å². The third kappa shape index (κ3) is 2.73. The molecule has 5 nitrogen and oxygen atoms in total. The van der Waals surface area contributed by atoms with Crippen LogP contribution >= 0.6 is 0 Å². The number of ether oxygens (including phenoxy) is 3. The average Bonchev–Trinajstić information content (AvgIpc) is 2.90. The van der Waals surface area contributed by atoms with Crippen LogP contribution < -0.4 is 9.47 Å². The smallest absolute Gasteiger partial charge is 0.132 e. The van der Waals surface area contributed by atoms with Crippen molar-refractivity contribution in [2.24, 2.45) is 5.16 Å². The minimum Gasteiger partial charge on any atom is -0.497 e. The van der Waals surface area contributed by atoms with Gasteiger partial charge in [0.05, 0.1) is 26.0 Å². The molecule has 1 fully saturated rings. The van der Waals surface area contributed by atoms with Gasteiger partial charge in [-0.05, 0) is 19.1 Å². The van der Waals surface area contributed by atoms with E-state index in [2.05, 4.69) is 5.16 Å². The van der Waals surface area contributed by atoms with Gasteiger partial charge in [0.15, 0.2) is 0 Å². The summed E-state index contributed by atoms with van der Waals surface area (Å²) in [5.74, 6) is 1.36. The molecule has 1 heterocycles. The largest absolute Gasteiger partial charge is 0.497 e. The second-order valence-corrected chi connectivity index (χ2v) is 4.15. The number of benzene rings is 1. The molecule has 1 saturated heterocycles. The normalized spacial score (nSPS) is 19.9. The number of hydrogen-bond donors (Lipinski definition) is 1. The van der Waals surface area contributed by atoms with Crippen LogP contribution in [-0.2, 0) is 4.74 Å². The molecule has 1 aromatic carbocycles. The van der Waals surface area contributed by atoms with E-state index in [1.807, 2.05) is 12.1 Å². The standard InChI is InChI=1S/C13H17NO4/c1-9(14-15)12-4-3-10(16-2)7-13(12)18-11-5-6-17-8-11/h3-4,7,11,15H,5-6,8H2,1-2H3/b14-9+. The lowest BCUT2D eigenvalue weighted by atomic mass is 10.1. The molecule has 0 aliphatic carbocycles. The number of nitrogens with zero attached hydrogens (tertiary/aromatic N) is 1. The van der Waals surface area contributed by atoms with Crippen molar-refractivity contribution in [2.75, 3.05) is 20.3 Å². The van der Waals surface area contributed by atoms with Crippen LogP contribution in [0.15, 0.2) is 23.4 Å². The summed E-state index contributed by atoms with van der Waals surface area (Å²) >= 11 is 0. The van der Waals surface area contributed by atoms with E-state index in [1.54, 1.807) is 20.1 Å². The van der Waals surface area contributed by atoms with E-state index in [9.17, 15) is 0 Å². The Morgan fingerprint density at radius 3 is 2.94 bits per heavy atom. The van der Waals surface area contributed by atoms with Crippen molar-refractivity contribution in [3.63, 3.8) is 0 Å². The number of methoxy groups -OCH3 is 1. The van der Waals surface area contributed by atoms with Crippen LogP contribution in [0, 0.1) is 0 Å². The van der Waals surface area contributed by atoms with Crippen LogP contribution in [0.2, 0.25) is 0 Å². The Balaban J connectivity index is 2.28. The monoisotopic (exact) mass is 251 g/mol. The van der Waals surface area contributed by atoms with Gasteiger partial charge in [-0.2, -0.15) is 0 Å².